The predicted octanol–water partition coefficient (Wildman–Crippen LogP) is 2.42. The van der Waals surface area contributed by atoms with Crippen LogP contribution in [0.5, 0.6) is 0 Å². The molecule has 0 fully saturated rings. The molecule has 0 saturated heterocycles. The third-order valence-corrected chi connectivity index (χ3v) is 3.30. The molecule has 0 spiro atoms. The Hall–Kier alpha value is -2.43. The number of amides is 1. The van der Waals surface area contributed by atoms with Gasteiger partial charge < -0.3 is 10.6 Å². The summed E-state index contributed by atoms with van der Waals surface area (Å²) >= 11 is 0. The molecule has 0 atom stereocenters. The maximum atomic E-state index is 12.8. The topological polar surface area (TPSA) is 72.1 Å². The lowest BCUT2D eigenvalue weighted by Gasteiger charge is -2.27. The van der Waals surface area contributed by atoms with Crippen molar-refractivity contribution in [1.29, 1.82) is 0 Å². The lowest BCUT2D eigenvalue weighted by Crippen LogP contribution is -2.37. The van der Waals surface area contributed by atoms with Gasteiger partial charge in [0.25, 0.3) is 5.91 Å². The van der Waals surface area contributed by atoms with Crippen LogP contribution in [0.2, 0.25) is 0 Å². The number of anilines is 1. The van der Waals surface area contributed by atoms with Crippen LogP contribution in [0, 0.1) is 6.92 Å². The quantitative estimate of drug-likeness (QED) is 0.936. The van der Waals surface area contributed by atoms with Crippen molar-refractivity contribution in [3.63, 3.8) is 0 Å². The van der Waals surface area contributed by atoms with Gasteiger partial charge in [-0.25, -0.2) is 0 Å². The van der Waals surface area contributed by atoms with Gasteiger partial charge in [-0.2, -0.15) is 0 Å². The number of aromatic nitrogens is 2. The number of pyridine rings is 2. The highest BCUT2D eigenvalue weighted by atomic mass is 16.2. The summed E-state index contributed by atoms with van der Waals surface area (Å²) in [7, 11) is 0. The van der Waals surface area contributed by atoms with Crippen LogP contribution in [0.3, 0.4) is 0 Å². The van der Waals surface area contributed by atoms with E-state index in [0.29, 0.717) is 23.5 Å². The number of hydrogen-bond acceptors (Lipinski definition) is 4. The Balaban J connectivity index is 2.30. The molecular weight excluding hydrogens is 264 g/mol. The molecule has 0 aliphatic carbocycles. The average molecular weight is 284 g/mol. The van der Waals surface area contributed by atoms with Crippen molar-refractivity contribution in [1.82, 2.24) is 14.9 Å². The third-order valence-electron chi connectivity index (χ3n) is 3.30. The molecule has 0 aliphatic heterocycles. The van der Waals surface area contributed by atoms with E-state index in [1.54, 1.807) is 29.6 Å². The van der Waals surface area contributed by atoms with Crippen LogP contribution in [0.15, 0.2) is 36.8 Å². The molecule has 2 aromatic heterocycles. The van der Waals surface area contributed by atoms with Crippen molar-refractivity contribution in [2.75, 3.05) is 5.73 Å². The minimum Gasteiger partial charge on any atom is -0.397 e. The van der Waals surface area contributed by atoms with E-state index < -0.39 is 0 Å². The molecule has 2 rings (SSSR count). The second-order valence-corrected chi connectivity index (χ2v) is 5.29. The van der Waals surface area contributed by atoms with Crippen molar-refractivity contribution < 1.29 is 4.79 Å². The summed E-state index contributed by atoms with van der Waals surface area (Å²) in [5.74, 6) is -0.0637. The first kappa shape index (κ1) is 15.0. The largest absolute Gasteiger partial charge is 0.397 e. The van der Waals surface area contributed by atoms with Gasteiger partial charge in [-0.15, -0.1) is 0 Å². The van der Waals surface area contributed by atoms with Gasteiger partial charge in [0, 0.05) is 25.0 Å². The first-order valence-corrected chi connectivity index (χ1v) is 6.91. The van der Waals surface area contributed by atoms with Gasteiger partial charge in [-0.3, -0.25) is 14.8 Å². The molecule has 2 N–H and O–H groups in total. The highest BCUT2D eigenvalue weighted by Crippen LogP contribution is 2.16. The number of nitrogen functional groups attached to an aromatic ring is 1. The first-order chi connectivity index (χ1) is 9.99. The number of nitrogens with zero attached hydrogens (tertiary/aromatic N) is 3. The second kappa shape index (κ2) is 6.35. The number of aryl methyl sites for hydroxylation is 1. The summed E-state index contributed by atoms with van der Waals surface area (Å²) in [6, 6.07) is 5.58. The van der Waals surface area contributed by atoms with E-state index in [-0.39, 0.29) is 11.9 Å². The molecule has 0 aliphatic rings. The molecule has 21 heavy (non-hydrogen) atoms. The lowest BCUT2D eigenvalue weighted by atomic mass is 10.1. The monoisotopic (exact) mass is 284 g/mol. The summed E-state index contributed by atoms with van der Waals surface area (Å²) in [5.41, 5.74) is 8.47. The zero-order valence-corrected chi connectivity index (χ0v) is 12.6. The van der Waals surface area contributed by atoms with Crippen LogP contribution in [-0.2, 0) is 6.54 Å². The van der Waals surface area contributed by atoms with Crippen LogP contribution in [0.1, 0.15) is 35.5 Å². The number of carbonyl (C=O) groups excluding carboxylic acids is 1. The zero-order chi connectivity index (χ0) is 15.4. The fourth-order valence-electron chi connectivity index (χ4n) is 2.10. The Morgan fingerprint density at radius 3 is 2.76 bits per heavy atom. The Bertz CT molecular complexity index is 625. The Morgan fingerprint density at radius 2 is 2.14 bits per heavy atom. The van der Waals surface area contributed by atoms with E-state index in [1.807, 2.05) is 32.9 Å². The maximum Gasteiger partial charge on any atom is 0.256 e. The summed E-state index contributed by atoms with van der Waals surface area (Å²) < 4.78 is 0. The summed E-state index contributed by atoms with van der Waals surface area (Å²) in [6.07, 6.45) is 5.05. The fourth-order valence-corrected chi connectivity index (χ4v) is 2.10. The molecular formula is C16H20N4O. The van der Waals surface area contributed by atoms with Gasteiger partial charge >= 0.3 is 0 Å². The molecule has 1 amide bonds. The summed E-state index contributed by atoms with van der Waals surface area (Å²) in [4.78, 5) is 22.8. The molecule has 0 radical (unpaired) electrons. The minimum atomic E-state index is -0.0637. The number of hydrogen-bond donors (Lipinski definition) is 1. The molecule has 0 saturated carbocycles. The lowest BCUT2D eigenvalue weighted by molar-refractivity contribution is 0.0689. The van der Waals surface area contributed by atoms with Gasteiger partial charge in [0.2, 0.25) is 0 Å². The van der Waals surface area contributed by atoms with E-state index >= 15 is 0 Å². The van der Waals surface area contributed by atoms with E-state index in [1.165, 1.54) is 0 Å². The molecule has 2 heterocycles. The van der Waals surface area contributed by atoms with Crippen LogP contribution in [0.25, 0.3) is 0 Å². The molecule has 5 heteroatoms. The van der Waals surface area contributed by atoms with E-state index in [2.05, 4.69) is 9.97 Å². The SMILES string of the molecule is Cc1ncc(N)cc1C(=O)N(Cc1cccnc1)C(C)C. The van der Waals surface area contributed by atoms with Crippen LogP contribution in [-0.4, -0.2) is 26.8 Å². The van der Waals surface area contributed by atoms with Gasteiger partial charge in [0.1, 0.15) is 0 Å². The van der Waals surface area contributed by atoms with E-state index in [4.69, 9.17) is 5.73 Å². The van der Waals surface area contributed by atoms with Crippen molar-refractivity contribution >= 4 is 11.6 Å². The Labute approximate surface area is 124 Å². The van der Waals surface area contributed by atoms with Crippen LogP contribution in [0.4, 0.5) is 5.69 Å². The third kappa shape index (κ3) is 3.56. The van der Waals surface area contributed by atoms with E-state index in [9.17, 15) is 4.79 Å². The van der Waals surface area contributed by atoms with Crippen molar-refractivity contribution in [2.45, 2.75) is 33.4 Å². The van der Waals surface area contributed by atoms with Crippen molar-refractivity contribution in [2.24, 2.45) is 0 Å². The molecule has 5 nitrogen and oxygen atoms in total. The normalized spacial score (nSPS) is 10.7. The summed E-state index contributed by atoms with van der Waals surface area (Å²) in [5, 5.41) is 0. The number of carbonyl (C=O) groups is 1. The smallest absolute Gasteiger partial charge is 0.256 e. The standard InChI is InChI=1S/C16H20N4O/c1-11(2)20(10-13-5-4-6-18-8-13)16(21)15-7-14(17)9-19-12(15)3/h4-9,11H,10,17H2,1-3H3. The van der Waals surface area contributed by atoms with Gasteiger partial charge in [0.05, 0.1) is 23.1 Å². The van der Waals surface area contributed by atoms with Crippen molar-refractivity contribution in [3.8, 4) is 0 Å². The van der Waals surface area contributed by atoms with Crippen molar-refractivity contribution in [3.05, 3.63) is 53.6 Å². The maximum absolute atomic E-state index is 12.8. The highest BCUT2D eigenvalue weighted by molar-refractivity contribution is 5.96. The first-order valence-electron chi connectivity index (χ1n) is 6.91. The Kier molecular flexibility index (Phi) is 4.52. The zero-order valence-electron chi connectivity index (χ0n) is 12.6. The fraction of sp³-hybridized carbons (Fsp3) is 0.312. The molecule has 0 unspecified atom stereocenters. The predicted molar refractivity (Wildman–Crippen MR) is 82.6 cm³/mol. The molecule has 110 valence electrons. The summed E-state index contributed by atoms with van der Waals surface area (Å²) in [6.45, 7) is 6.31. The van der Waals surface area contributed by atoms with Gasteiger partial charge in [0.15, 0.2) is 0 Å². The highest BCUT2D eigenvalue weighted by Gasteiger charge is 2.21. The molecule has 0 bridgehead atoms. The Morgan fingerprint density at radius 1 is 1.38 bits per heavy atom. The van der Waals surface area contributed by atoms with E-state index in [0.717, 1.165) is 5.56 Å². The van der Waals surface area contributed by atoms with Crippen LogP contribution >= 0.6 is 0 Å². The molecule has 2 aromatic rings. The van der Waals surface area contributed by atoms with Gasteiger partial charge in [-0.1, -0.05) is 6.07 Å². The molecule has 0 aromatic carbocycles. The number of rotatable bonds is 4. The minimum absolute atomic E-state index is 0.0637. The number of nitrogens with two attached hydrogens (primary N) is 1. The van der Waals surface area contributed by atoms with Gasteiger partial charge in [-0.05, 0) is 38.5 Å². The van der Waals surface area contributed by atoms with Crippen LogP contribution < -0.4 is 5.73 Å². The average Bonchev–Trinajstić information content (AvgIpc) is 2.47. The second-order valence-electron chi connectivity index (χ2n) is 5.29.